The normalized spacial score (nSPS) is 12.6. The predicted octanol–water partition coefficient (Wildman–Crippen LogP) is 1.01. The smallest absolute Gasteiger partial charge is 0.214 e. The summed E-state index contributed by atoms with van der Waals surface area (Å²) in [6.45, 7) is 2.06. The van der Waals surface area contributed by atoms with Gasteiger partial charge in [0.15, 0.2) is 0 Å². The molecular formula is C8H11FN2O. The zero-order valence-corrected chi connectivity index (χ0v) is 6.79. The molecule has 0 aliphatic heterocycles. The molecule has 0 saturated heterocycles. The van der Waals surface area contributed by atoms with Crippen molar-refractivity contribution in [2.24, 2.45) is 0 Å². The summed E-state index contributed by atoms with van der Waals surface area (Å²) in [5.41, 5.74) is 0.628. The number of nitrogens with zero attached hydrogens (tertiary/aromatic N) is 1. The number of anilines is 1. The summed E-state index contributed by atoms with van der Waals surface area (Å²) >= 11 is 0. The largest absolute Gasteiger partial charge is 0.392 e. The average molecular weight is 170 g/mol. The van der Waals surface area contributed by atoms with Crippen LogP contribution in [0.4, 0.5) is 10.1 Å². The van der Waals surface area contributed by atoms with Crippen molar-refractivity contribution >= 4 is 5.69 Å². The molecule has 0 bridgehead atoms. The fraction of sp³-hybridized carbons (Fsp3) is 0.375. The highest BCUT2D eigenvalue weighted by Crippen LogP contribution is 2.05. The first-order valence-corrected chi connectivity index (χ1v) is 3.72. The van der Waals surface area contributed by atoms with Gasteiger partial charge in [-0.05, 0) is 13.0 Å². The topological polar surface area (TPSA) is 45.1 Å². The van der Waals surface area contributed by atoms with E-state index in [9.17, 15) is 4.39 Å². The van der Waals surface area contributed by atoms with Gasteiger partial charge in [0.2, 0.25) is 5.95 Å². The van der Waals surface area contributed by atoms with Gasteiger partial charge in [-0.2, -0.15) is 4.39 Å². The van der Waals surface area contributed by atoms with E-state index in [2.05, 4.69) is 10.3 Å². The highest BCUT2D eigenvalue weighted by atomic mass is 19.1. The molecule has 0 saturated carbocycles. The van der Waals surface area contributed by atoms with Gasteiger partial charge in [-0.1, -0.05) is 0 Å². The summed E-state index contributed by atoms with van der Waals surface area (Å²) in [6, 6.07) is 2.92. The number of nitrogens with one attached hydrogen (secondary N) is 1. The van der Waals surface area contributed by atoms with Gasteiger partial charge in [0.25, 0.3) is 0 Å². The third kappa shape index (κ3) is 2.84. The molecule has 0 aliphatic carbocycles. The van der Waals surface area contributed by atoms with E-state index in [1.165, 1.54) is 12.3 Å². The lowest BCUT2D eigenvalue weighted by Gasteiger charge is -2.07. The summed E-state index contributed by atoms with van der Waals surface area (Å²) in [5.74, 6) is -0.523. The van der Waals surface area contributed by atoms with Crippen LogP contribution in [-0.4, -0.2) is 22.7 Å². The lowest BCUT2D eigenvalue weighted by Crippen LogP contribution is -2.15. The van der Waals surface area contributed by atoms with Crippen LogP contribution in [0.15, 0.2) is 18.3 Å². The molecule has 1 aromatic rings. The number of rotatable bonds is 3. The Morgan fingerprint density at radius 3 is 3.08 bits per heavy atom. The van der Waals surface area contributed by atoms with Gasteiger partial charge < -0.3 is 10.4 Å². The van der Waals surface area contributed by atoms with Crippen molar-refractivity contribution in [2.75, 3.05) is 11.9 Å². The standard InChI is InChI=1S/C8H11FN2O/c1-6(12)5-11-7-2-3-10-8(9)4-7/h2-4,6,12H,5H2,1H3,(H,10,11). The van der Waals surface area contributed by atoms with Crippen LogP contribution in [0.25, 0.3) is 0 Å². The molecule has 1 rings (SSSR count). The SMILES string of the molecule is CC(O)CNc1ccnc(F)c1. The lowest BCUT2D eigenvalue weighted by molar-refractivity contribution is 0.208. The minimum atomic E-state index is -0.523. The van der Waals surface area contributed by atoms with E-state index in [1.54, 1.807) is 13.0 Å². The number of hydrogen-bond acceptors (Lipinski definition) is 3. The van der Waals surface area contributed by atoms with E-state index >= 15 is 0 Å². The molecule has 1 atom stereocenters. The molecule has 0 fully saturated rings. The predicted molar refractivity (Wildman–Crippen MR) is 44.4 cm³/mol. The van der Waals surface area contributed by atoms with Gasteiger partial charge in [-0.25, -0.2) is 4.98 Å². The number of hydrogen-bond donors (Lipinski definition) is 2. The first-order valence-electron chi connectivity index (χ1n) is 3.72. The molecule has 0 radical (unpaired) electrons. The molecule has 1 unspecified atom stereocenters. The van der Waals surface area contributed by atoms with Crippen LogP contribution in [-0.2, 0) is 0 Å². The van der Waals surface area contributed by atoms with E-state index in [-0.39, 0.29) is 0 Å². The molecule has 2 N–H and O–H groups in total. The summed E-state index contributed by atoms with van der Waals surface area (Å²) in [7, 11) is 0. The number of pyridine rings is 1. The second-order valence-corrected chi connectivity index (χ2v) is 2.60. The third-order valence-corrected chi connectivity index (χ3v) is 1.33. The van der Waals surface area contributed by atoms with Crippen molar-refractivity contribution in [3.05, 3.63) is 24.3 Å². The minimum Gasteiger partial charge on any atom is -0.392 e. The Balaban J connectivity index is 2.52. The molecule has 1 aromatic heterocycles. The van der Waals surface area contributed by atoms with Gasteiger partial charge in [-0.15, -0.1) is 0 Å². The van der Waals surface area contributed by atoms with E-state index in [0.29, 0.717) is 12.2 Å². The van der Waals surface area contributed by atoms with Crippen molar-refractivity contribution in [1.82, 2.24) is 4.98 Å². The Labute approximate surface area is 70.3 Å². The molecule has 12 heavy (non-hydrogen) atoms. The first-order chi connectivity index (χ1) is 5.68. The molecule has 3 nitrogen and oxygen atoms in total. The maximum atomic E-state index is 12.5. The van der Waals surface area contributed by atoms with Crippen LogP contribution in [0.5, 0.6) is 0 Å². The van der Waals surface area contributed by atoms with E-state index in [1.807, 2.05) is 0 Å². The van der Waals surface area contributed by atoms with Gasteiger partial charge in [0.05, 0.1) is 6.10 Å². The number of aromatic nitrogens is 1. The van der Waals surface area contributed by atoms with E-state index < -0.39 is 12.1 Å². The van der Waals surface area contributed by atoms with Crippen molar-refractivity contribution < 1.29 is 9.50 Å². The Hall–Kier alpha value is -1.16. The maximum Gasteiger partial charge on any atom is 0.214 e. The van der Waals surface area contributed by atoms with Gasteiger partial charge in [0.1, 0.15) is 0 Å². The second-order valence-electron chi connectivity index (χ2n) is 2.60. The highest BCUT2D eigenvalue weighted by molar-refractivity contribution is 5.41. The Morgan fingerprint density at radius 2 is 2.50 bits per heavy atom. The van der Waals surface area contributed by atoms with Crippen LogP contribution in [0.1, 0.15) is 6.92 Å². The molecular weight excluding hydrogens is 159 g/mol. The second kappa shape index (κ2) is 4.01. The first kappa shape index (κ1) is 8.93. The van der Waals surface area contributed by atoms with Crippen LogP contribution >= 0.6 is 0 Å². The van der Waals surface area contributed by atoms with Crippen LogP contribution in [0, 0.1) is 5.95 Å². The fourth-order valence-electron chi connectivity index (χ4n) is 0.778. The molecule has 0 aliphatic rings. The monoisotopic (exact) mass is 170 g/mol. The summed E-state index contributed by atoms with van der Waals surface area (Å²) in [6.07, 6.45) is 0.931. The van der Waals surface area contributed by atoms with Crippen molar-refractivity contribution in [1.29, 1.82) is 0 Å². The van der Waals surface area contributed by atoms with Crippen molar-refractivity contribution in [3.63, 3.8) is 0 Å². The molecule has 0 aromatic carbocycles. The molecule has 0 spiro atoms. The lowest BCUT2D eigenvalue weighted by atomic mass is 10.3. The summed E-state index contributed by atoms with van der Waals surface area (Å²) < 4.78 is 12.5. The molecule has 0 amide bonds. The Kier molecular flexibility index (Phi) is 2.99. The van der Waals surface area contributed by atoms with Gasteiger partial charge in [0, 0.05) is 24.5 Å². The number of halogens is 1. The number of aliphatic hydroxyl groups excluding tert-OH is 1. The highest BCUT2D eigenvalue weighted by Gasteiger charge is 1.97. The third-order valence-electron chi connectivity index (χ3n) is 1.33. The van der Waals surface area contributed by atoms with Crippen molar-refractivity contribution in [2.45, 2.75) is 13.0 Å². The van der Waals surface area contributed by atoms with Crippen molar-refractivity contribution in [3.8, 4) is 0 Å². The van der Waals surface area contributed by atoms with Crippen LogP contribution in [0.3, 0.4) is 0 Å². The number of aliphatic hydroxyl groups is 1. The fourth-order valence-corrected chi connectivity index (χ4v) is 0.778. The zero-order valence-electron chi connectivity index (χ0n) is 6.79. The maximum absolute atomic E-state index is 12.5. The quantitative estimate of drug-likeness (QED) is 0.665. The molecule has 1 heterocycles. The summed E-state index contributed by atoms with van der Waals surface area (Å²) in [5, 5.41) is 11.8. The molecule has 4 heteroatoms. The summed E-state index contributed by atoms with van der Waals surface area (Å²) in [4.78, 5) is 3.40. The Bertz CT molecular complexity index is 253. The van der Waals surface area contributed by atoms with Gasteiger partial charge in [-0.3, -0.25) is 0 Å². The minimum absolute atomic E-state index is 0.406. The Morgan fingerprint density at radius 1 is 1.75 bits per heavy atom. The van der Waals surface area contributed by atoms with Crippen LogP contribution < -0.4 is 5.32 Å². The zero-order chi connectivity index (χ0) is 8.97. The van der Waals surface area contributed by atoms with E-state index in [4.69, 9.17) is 5.11 Å². The average Bonchev–Trinajstić information content (AvgIpc) is 2.01. The van der Waals surface area contributed by atoms with Gasteiger partial charge >= 0.3 is 0 Å². The van der Waals surface area contributed by atoms with E-state index in [0.717, 1.165) is 0 Å². The molecule has 66 valence electrons. The van der Waals surface area contributed by atoms with Crippen LogP contribution in [0.2, 0.25) is 0 Å².